The smallest absolute Gasteiger partial charge is 0.119 e. The zero-order valence-electron chi connectivity index (χ0n) is 13.6. The molecule has 1 atom stereocenters. The molecule has 0 amide bonds. The molecule has 2 aromatic rings. The minimum atomic E-state index is 0.615. The van der Waals surface area contributed by atoms with Crippen LogP contribution in [0.4, 0.5) is 0 Å². The molecule has 0 bridgehead atoms. The average Bonchev–Trinajstić information content (AvgIpc) is 3.10. The number of aromatic nitrogens is 1. The molecule has 1 unspecified atom stereocenters. The summed E-state index contributed by atoms with van der Waals surface area (Å²) in [6.45, 7) is 2.81. The zero-order chi connectivity index (χ0) is 15.9. The predicted octanol–water partition coefficient (Wildman–Crippen LogP) is 3.47. The van der Waals surface area contributed by atoms with E-state index in [0.717, 1.165) is 36.6 Å². The van der Waals surface area contributed by atoms with Gasteiger partial charge in [-0.25, -0.2) is 0 Å². The lowest BCUT2D eigenvalue weighted by Crippen LogP contribution is -2.25. The Morgan fingerprint density at radius 1 is 1.17 bits per heavy atom. The molecule has 1 aliphatic rings. The van der Waals surface area contributed by atoms with Crippen LogP contribution >= 0.6 is 11.8 Å². The van der Waals surface area contributed by atoms with Gasteiger partial charge in [-0.05, 0) is 42.2 Å². The fraction of sp³-hybridized carbons (Fsp3) is 0.421. The van der Waals surface area contributed by atoms with Crippen molar-refractivity contribution >= 4 is 11.8 Å². The summed E-state index contributed by atoms with van der Waals surface area (Å²) in [4.78, 5) is 4.46. The summed E-state index contributed by atoms with van der Waals surface area (Å²) < 4.78 is 5.83. The summed E-state index contributed by atoms with van der Waals surface area (Å²) >= 11 is 1.97. The second-order valence-corrected chi connectivity index (χ2v) is 6.90. The molecule has 1 aromatic carbocycles. The summed E-state index contributed by atoms with van der Waals surface area (Å²) in [5.41, 5.74) is 3.73. The van der Waals surface area contributed by atoms with Crippen LogP contribution in [0.5, 0.6) is 5.75 Å². The van der Waals surface area contributed by atoms with E-state index in [0.29, 0.717) is 12.6 Å². The molecule has 1 aliphatic heterocycles. The van der Waals surface area contributed by atoms with Crippen LogP contribution in [0.1, 0.15) is 23.7 Å². The Bertz CT molecular complexity index is 592. The van der Waals surface area contributed by atoms with Gasteiger partial charge >= 0.3 is 0 Å². The predicted molar refractivity (Wildman–Crippen MR) is 97.2 cm³/mol. The van der Waals surface area contributed by atoms with Crippen molar-refractivity contribution < 1.29 is 4.74 Å². The normalized spacial score (nSPS) is 17.3. The third-order valence-corrected chi connectivity index (χ3v) is 5.13. The van der Waals surface area contributed by atoms with Gasteiger partial charge in [0.15, 0.2) is 0 Å². The topological polar surface area (TPSA) is 34.1 Å². The van der Waals surface area contributed by atoms with Crippen LogP contribution < -0.4 is 10.1 Å². The molecule has 0 saturated carbocycles. The van der Waals surface area contributed by atoms with Gasteiger partial charge in [0.2, 0.25) is 0 Å². The van der Waals surface area contributed by atoms with Gasteiger partial charge in [0.05, 0.1) is 6.61 Å². The van der Waals surface area contributed by atoms with E-state index in [-0.39, 0.29) is 0 Å². The molecule has 3 rings (SSSR count). The standard InChI is InChI=1S/C19H24N2OS/c1-2-15-3-6-17(20-12-15)9-10-22-19-7-4-16(5-8-19)11-18-13-23-14-21-18/h3-8,12,18,21H,2,9-11,13-14H2,1H3. The maximum absolute atomic E-state index is 5.83. The van der Waals surface area contributed by atoms with Crippen molar-refractivity contribution in [3.63, 3.8) is 0 Å². The number of ether oxygens (including phenoxy) is 1. The van der Waals surface area contributed by atoms with Gasteiger partial charge in [-0.1, -0.05) is 25.1 Å². The van der Waals surface area contributed by atoms with E-state index in [9.17, 15) is 0 Å². The van der Waals surface area contributed by atoms with Crippen molar-refractivity contribution in [2.45, 2.75) is 32.2 Å². The SMILES string of the molecule is CCc1ccc(CCOc2ccc(CC3CSCN3)cc2)nc1. The maximum atomic E-state index is 5.83. The largest absolute Gasteiger partial charge is 0.493 e. The number of thioether (sulfide) groups is 1. The molecular weight excluding hydrogens is 304 g/mol. The third-order valence-electron chi connectivity index (χ3n) is 4.12. The Morgan fingerprint density at radius 2 is 2.00 bits per heavy atom. The molecule has 23 heavy (non-hydrogen) atoms. The van der Waals surface area contributed by atoms with Gasteiger partial charge in [-0.3, -0.25) is 4.98 Å². The summed E-state index contributed by atoms with van der Waals surface area (Å²) in [6.07, 6.45) is 4.93. The Balaban J connectivity index is 1.44. The molecule has 122 valence electrons. The van der Waals surface area contributed by atoms with Crippen molar-refractivity contribution in [2.24, 2.45) is 0 Å². The molecule has 1 aromatic heterocycles. The molecule has 0 radical (unpaired) electrons. The molecule has 1 fully saturated rings. The summed E-state index contributed by atoms with van der Waals surface area (Å²) in [5.74, 6) is 3.23. The van der Waals surface area contributed by atoms with Gasteiger partial charge in [0, 0.05) is 36.0 Å². The average molecular weight is 328 g/mol. The zero-order valence-corrected chi connectivity index (χ0v) is 14.4. The monoisotopic (exact) mass is 328 g/mol. The first-order valence-electron chi connectivity index (χ1n) is 8.30. The minimum absolute atomic E-state index is 0.615. The lowest BCUT2D eigenvalue weighted by atomic mass is 10.1. The third kappa shape index (κ3) is 4.98. The van der Waals surface area contributed by atoms with Crippen LogP contribution in [0, 0.1) is 0 Å². The lowest BCUT2D eigenvalue weighted by molar-refractivity contribution is 0.320. The minimum Gasteiger partial charge on any atom is -0.493 e. The lowest BCUT2D eigenvalue weighted by Gasteiger charge is -2.10. The Kier molecular flexibility index (Phi) is 5.94. The molecule has 1 N–H and O–H groups in total. The second kappa shape index (κ2) is 8.37. The van der Waals surface area contributed by atoms with Crippen molar-refractivity contribution in [1.82, 2.24) is 10.3 Å². The van der Waals surface area contributed by atoms with E-state index < -0.39 is 0 Å². The molecule has 3 nitrogen and oxygen atoms in total. The first-order chi connectivity index (χ1) is 11.3. The van der Waals surface area contributed by atoms with Crippen LogP contribution in [0.25, 0.3) is 0 Å². The first-order valence-corrected chi connectivity index (χ1v) is 9.45. The highest BCUT2D eigenvalue weighted by molar-refractivity contribution is 7.99. The van der Waals surface area contributed by atoms with Crippen LogP contribution in [0.3, 0.4) is 0 Å². The highest BCUT2D eigenvalue weighted by atomic mass is 32.2. The highest BCUT2D eigenvalue weighted by Gasteiger charge is 2.14. The number of benzene rings is 1. The molecule has 1 saturated heterocycles. The number of nitrogens with one attached hydrogen (secondary N) is 1. The van der Waals surface area contributed by atoms with E-state index in [1.165, 1.54) is 16.9 Å². The van der Waals surface area contributed by atoms with Crippen molar-refractivity contribution in [1.29, 1.82) is 0 Å². The van der Waals surface area contributed by atoms with Crippen LogP contribution in [0.15, 0.2) is 42.6 Å². The first kappa shape index (κ1) is 16.3. The van der Waals surface area contributed by atoms with E-state index in [4.69, 9.17) is 4.74 Å². The van der Waals surface area contributed by atoms with Gasteiger partial charge in [0.25, 0.3) is 0 Å². The van der Waals surface area contributed by atoms with Gasteiger partial charge in [0.1, 0.15) is 5.75 Å². The van der Waals surface area contributed by atoms with E-state index in [2.05, 4.69) is 53.6 Å². The number of nitrogens with zero attached hydrogens (tertiary/aromatic N) is 1. The van der Waals surface area contributed by atoms with Crippen LogP contribution in [-0.4, -0.2) is 29.3 Å². The number of hydrogen-bond acceptors (Lipinski definition) is 4. The summed E-state index contributed by atoms with van der Waals surface area (Å²) in [5, 5.41) is 3.51. The van der Waals surface area contributed by atoms with Gasteiger partial charge in [-0.15, -0.1) is 11.8 Å². The number of aryl methyl sites for hydroxylation is 1. The Morgan fingerprint density at radius 3 is 2.65 bits per heavy atom. The fourth-order valence-electron chi connectivity index (χ4n) is 2.66. The second-order valence-electron chi connectivity index (χ2n) is 5.87. The number of rotatable bonds is 7. The van der Waals surface area contributed by atoms with Crippen molar-refractivity contribution in [2.75, 3.05) is 18.2 Å². The Labute approximate surface area is 142 Å². The quantitative estimate of drug-likeness (QED) is 0.844. The summed E-state index contributed by atoms with van der Waals surface area (Å²) in [6, 6.07) is 13.4. The van der Waals surface area contributed by atoms with E-state index in [1.54, 1.807) is 0 Å². The molecule has 2 heterocycles. The fourth-order valence-corrected chi connectivity index (χ4v) is 3.65. The van der Waals surface area contributed by atoms with Gasteiger partial charge in [-0.2, -0.15) is 0 Å². The van der Waals surface area contributed by atoms with E-state index >= 15 is 0 Å². The molecule has 0 spiro atoms. The Hall–Kier alpha value is -1.52. The number of hydrogen-bond donors (Lipinski definition) is 1. The van der Waals surface area contributed by atoms with Gasteiger partial charge < -0.3 is 10.1 Å². The van der Waals surface area contributed by atoms with Crippen LogP contribution in [-0.2, 0) is 19.3 Å². The van der Waals surface area contributed by atoms with E-state index in [1.807, 2.05) is 18.0 Å². The highest BCUT2D eigenvalue weighted by Crippen LogP contribution is 2.17. The van der Waals surface area contributed by atoms with Crippen LogP contribution in [0.2, 0.25) is 0 Å². The molecule has 0 aliphatic carbocycles. The number of pyridine rings is 1. The molecular formula is C19H24N2OS. The van der Waals surface area contributed by atoms with Crippen molar-refractivity contribution in [3.05, 3.63) is 59.4 Å². The maximum Gasteiger partial charge on any atom is 0.119 e. The van der Waals surface area contributed by atoms with Crippen molar-refractivity contribution in [3.8, 4) is 5.75 Å². The molecule has 4 heteroatoms. The summed E-state index contributed by atoms with van der Waals surface area (Å²) in [7, 11) is 0.